The van der Waals surface area contributed by atoms with Gasteiger partial charge in [0.15, 0.2) is 5.78 Å². The molecule has 0 aliphatic heterocycles. The molecule has 0 amide bonds. The molecule has 0 aliphatic carbocycles. The average Bonchev–Trinajstić information content (AvgIpc) is 2.36. The van der Waals surface area contributed by atoms with E-state index in [-0.39, 0.29) is 18.1 Å². The summed E-state index contributed by atoms with van der Waals surface area (Å²) < 4.78 is 0. The van der Waals surface area contributed by atoms with Crippen LogP contribution in [-0.4, -0.2) is 16.0 Å². The predicted molar refractivity (Wildman–Crippen MR) is 71.3 cm³/mol. The number of carbonyl (C=O) groups excluding carboxylic acids is 1. The van der Waals surface area contributed by atoms with Crippen molar-refractivity contribution in [2.75, 3.05) is 0 Å². The molecule has 2 aromatic rings. The fourth-order valence-electron chi connectivity index (χ4n) is 1.82. The lowest BCUT2D eigenvalue weighted by atomic mass is 10.0. The Kier molecular flexibility index (Phi) is 3.44. The molecule has 0 heterocycles. The Morgan fingerprint density at radius 1 is 1.28 bits per heavy atom. The highest BCUT2D eigenvalue weighted by Gasteiger charge is 2.03. The molecular weight excluding hydrogens is 228 g/mol. The molecule has 18 heavy (non-hydrogen) atoms. The van der Waals surface area contributed by atoms with Gasteiger partial charge in [0.1, 0.15) is 5.75 Å². The second kappa shape index (κ2) is 5.02. The Balaban J connectivity index is 2.52. The topological polar surface area (TPSA) is 57.5 Å². The maximum atomic E-state index is 10.9. The summed E-state index contributed by atoms with van der Waals surface area (Å²) in [5.74, 6) is 0.115. The molecule has 2 N–H and O–H groups in total. The van der Waals surface area contributed by atoms with Crippen LogP contribution in [0, 0.1) is 0 Å². The van der Waals surface area contributed by atoms with Crippen LogP contribution in [0.4, 0.5) is 0 Å². The lowest BCUT2D eigenvalue weighted by molar-refractivity contribution is -0.112. The van der Waals surface area contributed by atoms with E-state index in [1.165, 1.54) is 13.0 Å². The van der Waals surface area contributed by atoms with Gasteiger partial charge in [-0.05, 0) is 47.7 Å². The van der Waals surface area contributed by atoms with Crippen molar-refractivity contribution in [3.8, 4) is 5.75 Å². The van der Waals surface area contributed by atoms with Crippen LogP contribution in [0.2, 0.25) is 0 Å². The van der Waals surface area contributed by atoms with Crippen molar-refractivity contribution in [1.29, 1.82) is 0 Å². The molecule has 3 heteroatoms. The lowest BCUT2D eigenvalue weighted by Gasteiger charge is -2.05. The van der Waals surface area contributed by atoms with Crippen molar-refractivity contribution in [3.63, 3.8) is 0 Å². The minimum absolute atomic E-state index is 0.0186. The third kappa shape index (κ3) is 2.57. The van der Waals surface area contributed by atoms with Gasteiger partial charge in [-0.2, -0.15) is 0 Å². The minimum atomic E-state index is -0.102. The number of hydrogen-bond acceptors (Lipinski definition) is 3. The summed E-state index contributed by atoms with van der Waals surface area (Å²) in [6, 6.07) is 8.90. The fourth-order valence-corrected chi connectivity index (χ4v) is 1.82. The normalized spacial score (nSPS) is 11.2. The lowest BCUT2D eigenvalue weighted by Crippen LogP contribution is -1.85. The van der Waals surface area contributed by atoms with Gasteiger partial charge in [-0.1, -0.05) is 18.2 Å². The number of ketones is 1. The number of aliphatic hydroxyl groups is 1. The summed E-state index contributed by atoms with van der Waals surface area (Å²) in [6.07, 6.45) is 3.20. The number of fused-ring (bicyclic) bond motifs is 1. The number of phenolic OH excluding ortho intramolecular Hbond substituents is 1. The number of rotatable bonds is 3. The predicted octanol–water partition coefficient (Wildman–Crippen LogP) is 2.64. The molecule has 0 saturated heterocycles. The van der Waals surface area contributed by atoms with Crippen LogP contribution >= 0.6 is 0 Å². The Morgan fingerprint density at radius 2 is 2.06 bits per heavy atom. The van der Waals surface area contributed by atoms with E-state index < -0.39 is 0 Å². The zero-order valence-electron chi connectivity index (χ0n) is 10.1. The largest absolute Gasteiger partial charge is 0.507 e. The standard InChI is InChI=1S/C15H14O3/c1-10(17)2-3-11-4-5-13-6-12(9-16)8-15(18)14(13)7-11/h2-8,16,18H,9H2,1H3. The van der Waals surface area contributed by atoms with E-state index in [0.717, 1.165) is 10.9 Å². The number of aromatic hydroxyl groups is 1. The minimum Gasteiger partial charge on any atom is -0.507 e. The molecule has 0 bridgehead atoms. The molecule has 3 nitrogen and oxygen atoms in total. The highest BCUT2D eigenvalue weighted by molar-refractivity contribution is 5.94. The van der Waals surface area contributed by atoms with E-state index in [2.05, 4.69) is 0 Å². The van der Waals surface area contributed by atoms with E-state index >= 15 is 0 Å². The van der Waals surface area contributed by atoms with Crippen LogP contribution in [0.3, 0.4) is 0 Å². The molecule has 2 rings (SSSR count). The first-order valence-electron chi connectivity index (χ1n) is 5.65. The highest BCUT2D eigenvalue weighted by atomic mass is 16.3. The van der Waals surface area contributed by atoms with Gasteiger partial charge in [0.25, 0.3) is 0 Å². The molecule has 2 aromatic carbocycles. The first-order chi connectivity index (χ1) is 8.60. The fraction of sp³-hybridized carbons (Fsp3) is 0.133. The van der Waals surface area contributed by atoms with Crippen LogP contribution in [-0.2, 0) is 11.4 Å². The van der Waals surface area contributed by atoms with Gasteiger partial charge in [0.2, 0.25) is 0 Å². The molecule has 0 fully saturated rings. The zero-order chi connectivity index (χ0) is 13.1. The van der Waals surface area contributed by atoms with Crippen molar-refractivity contribution < 1.29 is 15.0 Å². The van der Waals surface area contributed by atoms with Gasteiger partial charge >= 0.3 is 0 Å². The molecule has 0 aromatic heterocycles. The second-order valence-corrected chi connectivity index (χ2v) is 4.20. The molecular formula is C15H14O3. The summed E-state index contributed by atoms with van der Waals surface area (Å²) >= 11 is 0. The molecule has 0 spiro atoms. The second-order valence-electron chi connectivity index (χ2n) is 4.20. The monoisotopic (exact) mass is 242 g/mol. The molecule has 0 atom stereocenters. The van der Waals surface area contributed by atoms with E-state index in [1.807, 2.05) is 24.3 Å². The summed E-state index contributed by atoms with van der Waals surface area (Å²) in [7, 11) is 0. The van der Waals surface area contributed by atoms with Crippen molar-refractivity contribution in [2.45, 2.75) is 13.5 Å². The van der Waals surface area contributed by atoms with Gasteiger partial charge in [-0.3, -0.25) is 4.79 Å². The van der Waals surface area contributed by atoms with Crippen LogP contribution in [0.1, 0.15) is 18.1 Å². The number of phenols is 1. The number of benzene rings is 2. The molecule has 0 saturated carbocycles. The average molecular weight is 242 g/mol. The maximum absolute atomic E-state index is 10.9. The van der Waals surface area contributed by atoms with Crippen molar-refractivity contribution in [2.24, 2.45) is 0 Å². The van der Waals surface area contributed by atoms with E-state index in [4.69, 9.17) is 5.11 Å². The van der Waals surface area contributed by atoms with Crippen molar-refractivity contribution in [3.05, 3.63) is 47.5 Å². The zero-order valence-corrected chi connectivity index (χ0v) is 10.1. The number of allylic oxidation sites excluding steroid dienone is 1. The highest BCUT2D eigenvalue weighted by Crippen LogP contribution is 2.28. The van der Waals surface area contributed by atoms with Crippen LogP contribution in [0.25, 0.3) is 16.8 Å². The number of hydrogen-bond donors (Lipinski definition) is 2. The first kappa shape index (κ1) is 12.3. The van der Waals surface area contributed by atoms with Gasteiger partial charge in [-0.15, -0.1) is 0 Å². The summed E-state index contributed by atoms with van der Waals surface area (Å²) in [5, 5.41) is 20.5. The summed E-state index contributed by atoms with van der Waals surface area (Å²) in [6.45, 7) is 1.39. The van der Waals surface area contributed by atoms with Crippen molar-refractivity contribution >= 4 is 22.6 Å². The molecule has 0 radical (unpaired) electrons. The van der Waals surface area contributed by atoms with Gasteiger partial charge in [0, 0.05) is 5.39 Å². The van der Waals surface area contributed by atoms with E-state index in [1.54, 1.807) is 12.1 Å². The van der Waals surface area contributed by atoms with Crippen LogP contribution in [0.5, 0.6) is 5.75 Å². The molecule has 92 valence electrons. The summed E-state index contributed by atoms with van der Waals surface area (Å²) in [4.78, 5) is 10.9. The number of aliphatic hydroxyl groups excluding tert-OH is 1. The third-order valence-electron chi connectivity index (χ3n) is 2.71. The van der Waals surface area contributed by atoms with Gasteiger partial charge in [-0.25, -0.2) is 0 Å². The third-order valence-corrected chi connectivity index (χ3v) is 2.71. The molecule has 0 aliphatic rings. The van der Waals surface area contributed by atoms with Crippen LogP contribution < -0.4 is 0 Å². The van der Waals surface area contributed by atoms with Crippen LogP contribution in [0.15, 0.2) is 36.4 Å². The summed E-state index contributed by atoms with van der Waals surface area (Å²) in [5.41, 5.74) is 1.52. The Morgan fingerprint density at radius 3 is 2.72 bits per heavy atom. The van der Waals surface area contributed by atoms with Gasteiger partial charge in [0.05, 0.1) is 6.61 Å². The van der Waals surface area contributed by atoms with E-state index in [9.17, 15) is 9.90 Å². The van der Waals surface area contributed by atoms with E-state index in [0.29, 0.717) is 10.9 Å². The smallest absolute Gasteiger partial charge is 0.152 e. The Bertz CT molecular complexity index is 627. The molecule has 0 unspecified atom stereocenters. The first-order valence-corrected chi connectivity index (χ1v) is 5.65. The maximum Gasteiger partial charge on any atom is 0.152 e. The van der Waals surface area contributed by atoms with Crippen molar-refractivity contribution in [1.82, 2.24) is 0 Å². The quantitative estimate of drug-likeness (QED) is 0.813. The SMILES string of the molecule is CC(=O)C=Cc1ccc2cc(CO)cc(O)c2c1. The Labute approximate surface area is 105 Å². The number of carbonyl (C=O) groups is 1. The Hall–Kier alpha value is -2.13. The van der Waals surface area contributed by atoms with Gasteiger partial charge < -0.3 is 10.2 Å².